The number of likely N-dealkylation sites (N-methyl/N-ethyl adjacent to an activating group) is 1. The van der Waals surface area contributed by atoms with Crippen LogP contribution in [0.2, 0.25) is 0 Å². The van der Waals surface area contributed by atoms with Crippen LogP contribution in [0.25, 0.3) is 6.08 Å². The number of hydrogen-bond acceptors (Lipinski definition) is 5. The van der Waals surface area contributed by atoms with E-state index in [0.29, 0.717) is 12.1 Å². The summed E-state index contributed by atoms with van der Waals surface area (Å²) in [7, 11) is 7.86. The van der Waals surface area contributed by atoms with Gasteiger partial charge in [-0.15, -0.1) is 0 Å². The molecule has 170 valence electrons. The Labute approximate surface area is 191 Å². The quantitative estimate of drug-likeness (QED) is 0.472. The van der Waals surface area contributed by atoms with E-state index in [4.69, 9.17) is 0 Å². The molecule has 0 N–H and O–H groups in total. The van der Waals surface area contributed by atoms with Crippen molar-refractivity contribution in [2.75, 3.05) is 65.8 Å². The van der Waals surface area contributed by atoms with Gasteiger partial charge >= 0.3 is 0 Å². The second-order valence-corrected chi connectivity index (χ2v) is 8.84. The van der Waals surface area contributed by atoms with Gasteiger partial charge in [0.15, 0.2) is 5.78 Å². The number of rotatable bonds is 8. The molecule has 1 saturated heterocycles. The molecule has 32 heavy (non-hydrogen) atoms. The summed E-state index contributed by atoms with van der Waals surface area (Å²) in [6, 6.07) is 16.0. The molecule has 2 aromatic rings. The zero-order valence-corrected chi connectivity index (χ0v) is 19.6. The Morgan fingerprint density at radius 1 is 0.906 bits per heavy atom. The van der Waals surface area contributed by atoms with Gasteiger partial charge in [0.1, 0.15) is 0 Å². The van der Waals surface area contributed by atoms with Crippen LogP contribution in [0.4, 0.5) is 5.69 Å². The second kappa shape index (κ2) is 11.1. The van der Waals surface area contributed by atoms with Crippen molar-refractivity contribution in [2.24, 2.45) is 0 Å². The number of anilines is 1. The molecule has 0 atom stereocenters. The minimum atomic E-state index is 0.00373. The number of carbonyl (C=O) groups is 2. The number of amides is 1. The van der Waals surface area contributed by atoms with Crippen LogP contribution >= 0.6 is 0 Å². The van der Waals surface area contributed by atoms with Crippen molar-refractivity contribution >= 4 is 23.5 Å². The largest absolute Gasteiger partial charge is 0.368 e. The van der Waals surface area contributed by atoms with Crippen LogP contribution in [0.3, 0.4) is 0 Å². The van der Waals surface area contributed by atoms with E-state index >= 15 is 0 Å². The maximum absolute atomic E-state index is 12.7. The Kier molecular flexibility index (Phi) is 8.20. The Morgan fingerprint density at radius 3 is 2.31 bits per heavy atom. The normalized spacial score (nSPS) is 14.6. The molecule has 0 unspecified atom stereocenters. The van der Waals surface area contributed by atoms with Gasteiger partial charge in [-0.3, -0.25) is 9.59 Å². The minimum absolute atomic E-state index is 0.00373. The molecule has 6 heteroatoms. The molecule has 1 heterocycles. The minimum Gasteiger partial charge on any atom is -0.368 e. The summed E-state index contributed by atoms with van der Waals surface area (Å²) in [4.78, 5) is 33.2. The molecule has 1 amide bonds. The lowest BCUT2D eigenvalue weighted by Gasteiger charge is -2.36. The van der Waals surface area contributed by atoms with Crippen molar-refractivity contribution in [2.45, 2.75) is 6.54 Å². The average molecular weight is 435 g/mol. The van der Waals surface area contributed by atoms with Crippen LogP contribution in [0.15, 0.2) is 54.6 Å². The first-order chi connectivity index (χ1) is 15.3. The third-order valence-electron chi connectivity index (χ3n) is 5.46. The molecule has 1 fully saturated rings. The van der Waals surface area contributed by atoms with Gasteiger partial charge in [-0.1, -0.05) is 36.4 Å². The average Bonchev–Trinajstić information content (AvgIpc) is 2.77. The van der Waals surface area contributed by atoms with Crippen LogP contribution in [0, 0.1) is 0 Å². The van der Waals surface area contributed by atoms with Gasteiger partial charge in [-0.25, -0.2) is 0 Å². The van der Waals surface area contributed by atoms with E-state index < -0.39 is 0 Å². The molecule has 3 rings (SSSR count). The third-order valence-corrected chi connectivity index (χ3v) is 5.46. The standard InChI is InChI=1S/C26H34N4O2/c1-27(2)19-22-8-5-9-23(17-22)25(31)12-11-21-7-6-10-24(18-21)29-13-15-30(16-14-29)26(32)20-28(3)4/h5-12,17-18H,13-16,19-20H2,1-4H3. The summed E-state index contributed by atoms with van der Waals surface area (Å²) in [5, 5.41) is 0. The van der Waals surface area contributed by atoms with E-state index in [1.54, 1.807) is 6.08 Å². The van der Waals surface area contributed by atoms with Crippen LogP contribution in [0.1, 0.15) is 21.5 Å². The summed E-state index contributed by atoms with van der Waals surface area (Å²) in [6.45, 7) is 4.34. The topological polar surface area (TPSA) is 47.1 Å². The maximum Gasteiger partial charge on any atom is 0.236 e. The summed E-state index contributed by atoms with van der Waals surface area (Å²) >= 11 is 0. The van der Waals surface area contributed by atoms with E-state index in [1.807, 2.05) is 80.5 Å². The highest BCUT2D eigenvalue weighted by Crippen LogP contribution is 2.19. The summed E-state index contributed by atoms with van der Waals surface area (Å²) in [5.41, 5.74) is 3.94. The number of allylic oxidation sites excluding steroid dienone is 1. The first kappa shape index (κ1) is 23.7. The molecule has 0 spiro atoms. The Bertz CT molecular complexity index is 960. The highest BCUT2D eigenvalue weighted by molar-refractivity contribution is 6.06. The fraction of sp³-hybridized carbons (Fsp3) is 0.385. The predicted molar refractivity (Wildman–Crippen MR) is 131 cm³/mol. The Morgan fingerprint density at radius 2 is 1.62 bits per heavy atom. The van der Waals surface area contributed by atoms with Gasteiger partial charge < -0.3 is 19.6 Å². The third kappa shape index (κ3) is 6.77. The molecule has 6 nitrogen and oxygen atoms in total. The number of piperazine rings is 1. The Balaban J connectivity index is 1.61. The molecular weight excluding hydrogens is 400 g/mol. The van der Waals surface area contributed by atoms with E-state index in [0.717, 1.165) is 49.5 Å². The first-order valence-electron chi connectivity index (χ1n) is 11.1. The molecule has 1 aliphatic rings. The predicted octanol–water partition coefficient (Wildman–Crippen LogP) is 2.85. The summed E-state index contributed by atoms with van der Waals surface area (Å²) in [6.07, 6.45) is 3.52. The molecule has 2 aromatic carbocycles. The summed E-state index contributed by atoms with van der Waals surface area (Å²) in [5.74, 6) is 0.184. The van der Waals surface area contributed by atoms with Gasteiger partial charge in [0.05, 0.1) is 6.54 Å². The zero-order valence-electron chi connectivity index (χ0n) is 19.6. The number of hydrogen-bond donors (Lipinski definition) is 0. The molecular formula is C26H34N4O2. The number of benzene rings is 2. The number of nitrogens with zero attached hydrogens (tertiary/aromatic N) is 4. The van der Waals surface area contributed by atoms with Gasteiger partial charge in [-0.2, -0.15) is 0 Å². The van der Waals surface area contributed by atoms with Crippen molar-refractivity contribution in [1.82, 2.24) is 14.7 Å². The van der Waals surface area contributed by atoms with Crippen molar-refractivity contribution in [3.05, 3.63) is 71.3 Å². The number of ketones is 1. The fourth-order valence-corrected chi connectivity index (χ4v) is 3.87. The van der Waals surface area contributed by atoms with Crippen molar-refractivity contribution in [1.29, 1.82) is 0 Å². The van der Waals surface area contributed by atoms with E-state index in [9.17, 15) is 9.59 Å². The lowest BCUT2D eigenvalue weighted by atomic mass is 10.1. The molecule has 0 radical (unpaired) electrons. The SMILES string of the molecule is CN(C)CC(=O)N1CCN(c2cccc(C=CC(=O)c3cccc(CN(C)C)c3)c2)CC1. The van der Waals surface area contributed by atoms with Crippen LogP contribution in [-0.2, 0) is 11.3 Å². The van der Waals surface area contributed by atoms with Crippen molar-refractivity contribution < 1.29 is 9.59 Å². The van der Waals surface area contributed by atoms with Gasteiger partial charge in [0.25, 0.3) is 0 Å². The smallest absolute Gasteiger partial charge is 0.236 e. The monoisotopic (exact) mass is 434 g/mol. The lowest BCUT2D eigenvalue weighted by Crippen LogP contribution is -2.50. The van der Waals surface area contributed by atoms with Crippen LogP contribution in [-0.4, -0.2) is 87.3 Å². The molecule has 1 aliphatic heterocycles. The van der Waals surface area contributed by atoms with Gasteiger partial charge in [0, 0.05) is 44.0 Å². The fourth-order valence-electron chi connectivity index (χ4n) is 3.87. The Hall–Kier alpha value is -2.96. The zero-order chi connectivity index (χ0) is 23.1. The van der Waals surface area contributed by atoms with Crippen molar-refractivity contribution in [3.63, 3.8) is 0 Å². The highest BCUT2D eigenvalue weighted by atomic mass is 16.2. The van der Waals surface area contributed by atoms with Gasteiger partial charge in [-0.05, 0) is 63.6 Å². The molecule has 0 aliphatic carbocycles. The number of carbonyl (C=O) groups excluding carboxylic acids is 2. The molecule has 0 saturated carbocycles. The van der Waals surface area contributed by atoms with Crippen LogP contribution < -0.4 is 4.90 Å². The van der Waals surface area contributed by atoms with E-state index in [1.165, 1.54) is 0 Å². The lowest BCUT2D eigenvalue weighted by molar-refractivity contribution is -0.132. The highest BCUT2D eigenvalue weighted by Gasteiger charge is 2.21. The first-order valence-corrected chi connectivity index (χ1v) is 11.1. The van der Waals surface area contributed by atoms with Gasteiger partial charge in [0.2, 0.25) is 5.91 Å². The van der Waals surface area contributed by atoms with Crippen molar-refractivity contribution in [3.8, 4) is 0 Å². The second-order valence-electron chi connectivity index (χ2n) is 8.84. The summed E-state index contributed by atoms with van der Waals surface area (Å²) < 4.78 is 0. The van der Waals surface area contributed by atoms with E-state index in [2.05, 4.69) is 21.9 Å². The van der Waals surface area contributed by atoms with Crippen LogP contribution in [0.5, 0.6) is 0 Å². The molecule has 0 aromatic heterocycles. The maximum atomic E-state index is 12.7. The molecule has 0 bridgehead atoms. The van der Waals surface area contributed by atoms with E-state index in [-0.39, 0.29) is 11.7 Å².